The Bertz CT molecular complexity index is 606. The van der Waals surface area contributed by atoms with Crippen LogP contribution in [-0.2, 0) is 6.61 Å². The van der Waals surface area contributed by atoms with Crippen LogP contribution in [0, 0.1) is 0 Å². The van der Waals surface area contributed by atoms with E-state index in [-0.39, 0.29) is 12.1 Å². The van der Waals surface area contributed by atoms with Gasteiger partial charge >= 0.3 is 7.12 Å². The Morgan fingerprint density at radius 1 is 1.10 bits per heavy atom. The van der Waals surface area contributed by atoms with Crippen LogP contribution in [0.1, 0.15) is 5.56 Å². The smallest absolute Gasteiger partial charge is 0.493 e. The van der Waals surface area contributed by atoms with Gasteiger partial charge in [0.1, 0.15) is 23.9 Å². The molecule has 0 aliphatic rings. The van der Waals surface area contributed by atoms with Crippen molar-refractivity contribution >= 4 is 12.6 Å². The summed E-state index contributed by atoms with van der Waals surface area (Å²) in [7, 11) is 1.51. The summed E-state index contributed by atoms with van der Waals surface area (Å²) >= 11 is 0. The summed E-state index contributed by atoms with van der Waals surface area (Å²) in [5, 5.41) is 18.5. The molecular formula is C14H16BNO5. The minimum absolute atomic E-state index is 0.213. The molecule has 7 heteroatoms. The molecule has 1 aromatic carbocycles. The van der Waals surface area contributed by atoms with Crippen molar-refractivity contribution in [2.75, 3.05) is 14.2 Å². The topological polar surface area (TPSA) is 81.0 Å². The molecule has 0 unspecified atom stereocenters. The van der Waals surface area contributed by atoms with Gasteiger partial charge in [0.2, 0.25) is 0 Å². The zero-order valence-corrected chi connectivity index (χ0v) is 11.8. The number of pyridine rings is 1. The normalized spacial score (nSPS) is 10.1. The number of benzene rings is 1. The fourth-order valence-electron chi connectivity index (χ4n) is 1.85. The van der Waals surface area contributed by atoms with Crippen LogP contribution in [0.2, 0.25) is 0 Å². The second kappa shape index (κ2) is 6.96. The molecule has 0 amide bonds. The van der Waals surface area contributed by atoms with Gasteiger partial charge in [0.15, 0.2) is 0 Å². The lowest BCUT2D eigenvalue weighted by atomic mass is 9.81. The van der Waals surface area contributed by atoms with Crippen LogP contribution in [0.25, 0.3) is 0 Å². The first kappa shape index (κ1) is 15.1. The zero-order chi connectivity index (χ0) is 15.2. The largest absolute Gasteiger partial charge is 0.497 e. The molecule has 21 heavy (non-hydrogen) atoms. The zero-order valence-electron chi connectivity index (χ0n) is 11.8. The van der Waals surface area contributed by atoms with Gasteiger partial charge < -0.3 is 24.3 Å². The summed E-state index contributed by atoms with van der Waals surface area (Å²) in [6.07, 6.45) is 2.87. The molecule has 0 spiro atoms. The van der Waals surface area contributed by atoms with Crippen molar-refractivity contribution in [3.05, 3.63) is 42.2 Å². The Morgan fingerprint density at radius 2 is 1.90 bits per heavy atom. The molecule has 1 aromatic heterocycles. The van der Waals surface area contributed by atoms with E-state index in [4.69, 9.17) is 14.2 Å². The molecular weight excluding hydrogens is 273 g/mol. The van der Waals surface area contributed by atoms with Gasteiger partial charge in [-0.1, -0.05) is 0 Å². The highest BCUT2D eigenvalue weighted by Crippen LogP contribution is 2.25. The van der Waals surface area contributed by atoms with Crippen LogP contribution in [0.5, 0.6) is 17.2 Å². The fourth-order valence-corrected chi connectivity index (χ4v) is 1.85. The predicted octanol–water partition coefficient (Wildman–Crippen LogP) is 0.358. The van der Waals surface area contributed by atoms with Crippen molar-refractivity contribution < 1.29 is 24.3 Å². The fraction of sp³-hybridized carbons (Fsp3) is 0.214. The highest BCUT2D eigenvalue weighted by Gasteiger charge is 2.17. The minimum Gasteiger partial charge on any atom is -0.497 e. The second-order valence-electron chi connectivity index (χ2n) is 4.25. The molecule has 0 saturated heterocycles. The third kappa shape index (κ3) is 3.65. The van der Waals surface area contributed by atoms with Crippen LogP contribution >= 0.6 is 0 Å². The van der Waals surface area contributed by atoms with E-state index in [1.54, 1.807) is 32.4 Å². The molecule has 0 fully saturated rings. The first-order valence-electron chi connectivity index (χ1n) is 6.29. The van der Waals surface area contributed by atoms with E-state index < -0.39 is 7.12 Å². The lowest BCUT2D eigenvalue weighted by Gasteiger charge is -2.13. The first-order chi connectivity index (χ1) is 10.2. The SMILES string of the molecule is COc1ccc(COc2ccncc2B(O)O)c(OC)c1. The third-order valence-electron chi connectivity index (χ3n) is 2.97. The Balaban J connectivity index is 2.17. The number of hydrogen-bond acceptors (Lipinski definition) is 6. The van der Waals surface area contributed by atoms with Crippen molar-refractivity contribution in [3.63, 3.8) is 0 Å². The number of ether oxygens (including phenoxy) is 3. The van der Waals surface area contributed by atoms with Crippen molar-refractivity contribution in [1.29, 1.82) is 0 Å². The number of hydrogen-bond donors (Lipinski definition) is 2. The van der Waals surface area contributed by atoms with E-state index in [1.807, 2.05) is 6.07 Å². The number of rotatable bonds is 6. The standard InChI is InChI=1S/C14H16BNO5/c1-19-11-4-3-10(14(7-11)20-2)9-21-13-5-6-16-8-12(13)15(17)18/h3-8,17-18H,9H2,1-2H3. The van der Waals surface area contributed by atoms with Crippen LogP contribution in [0.4, 0.5) is 0 Å². The maximum Gasteiger partial charge on any atom is 0.493 e. The van der Waals surface area contributed by atoms with Crippen LogP contribution in [0.15, 0.2) is 36.7 Å². The van der Waals surface area contributed by atoms with Crippen LogP contribution in [-0.4, -0.2) is 36.4 Å². The molecule has 0 aliphatic heterocycles. The molecule has 2 aromatic rings. The van der Waals surface area contributed by atoms with Gasteiger partial charge in [-0.25, -0.2) is 0 Å². The summed E-state index contributed by atoms with van der Waals surface area (Å²) < 4.78 is 16.0. The van der Waals surface area contributed by atoms with Crippen molar-refractivity contribution in [3.8, 4) is 17.2 Å². The number of methoxy groups -OCH3 is 2. The molecule has 2 N–H and O–H groups in total. The van der Waals surface area contributed by atoms with Gasteiger partial charge in [-0.15, -0.1) is 0 Å². The quantitative estimate of drug-likeness (QED) is 0.747. The summed E-state index contributed by atoms with van der Waals surface area (Å²) in [5.74, 6) is 1.68. The number of nitrogens with zero attached hydrogens (tertiary/aromatic N) is 1. The van der Waals surface area contributed by atoms with E-state index in [0.29, 0.717) is 17.2 Å². The van der Waals surface area contributed by atoms with Gasteiger partial charge in [-0.2, -0.15) is 0 Å². The molecule has 1 heterocycles. The van der Waals surface area contributed by atoms with E-state index in [2.05, 4.69) is 4.98 Å². The van der Waals surface area contributed by atoms with Crippen LogP contribution in [0.3, 0.4) is 0 Å². The molecule has 0 saturated carbocycles. The first-order valence-corrected chi connectivity index (χ1v) is 6.29. The third-order valence-corrected chi connectivity index (χ3v) is 2.97. The highest BCUT2D eigenvalue weighted by molar-refractivity contribution is 6.59. The van der Waals surface area contributed by atoms with E-state index in [9.17, 15) is 10.0 Å². The predicted molar refractivity (Wildman–Crippen MR) is 77.9 cm³/mol. The maximum atomic E-state index is 9.27. The monoisotopic (exact) mass is 289 g/mol. The van der Waals surface area contributed by atoms with Gasteiger partial charge in [-0.3, -0.25) is 4.98 Å². The van der Waals surface area contributed by atoms with Crippen LogP contribution < -0.4 is 19.7 Å². The lowest BCUT2D eigenvalue weighted by Crippen LogP contribution is -2.31. The van der Waals surface area contributed by atoms with Gasteiger partial charge in [0.25, 0.3) is 0 Å². The average molecular weight is 289 g/mol. The summed E-state index contributed by atoms with van der Waals surface area (Å²) in [6.45, 7) is 0.219. The van der Waals surface area contributed by atoms with Crippen molar-refractivity contribution in [1.82, 2.24) is 4.98 Å². The van der Waals surface area contributed by atoms with Crippen molar-refractivity contribution in [2.24, 2.45) is 0 Å². The second-order valence-corrected chi connectivity index (χ2v) is 4.25. The Kier molecular flexibility index (Phi) is 5.02. The molecule has 0 aliphatic carbocycles. The summed E-state index contributed by atoms with van der Waals surface area (Å²) in [4.78, 5) is 3.84. The van der Waals surface area contributed by atoms with Gasteiger partial charge in [-0.05, 0) is 18.2 Å². The van der Waals surface area contributed by atoms with Gasteiger partial charge in [0, 0.05) is 29.5 Å². The maximum absolute atomic E-state index is 9.27. The van der Waals surface area contributed by atoms with E-state index in [1.165, 1.54) is 12.4 Å². The summed E-state index contributed by atoms with van der Waals surface area (Å²) in [6, 6.07) is 6.96. The summed E-state index contributed by atoms with van der Waals surface area (Å²) in [5.41, 5.74) is 1.03. The molecule has 2 rings (SSSR count). The highest BCUT2D eigenvalue weighted by atomic mass is 16.5. The van der Waals surface area contributed by atoms with E-state index in [0.717, 1.165) is 5.56 Å². The average Bonchev–Trinajstić information content (AvgIpc) is 2.52. The Labute approximate surface area is 123 Å². The van der Waals surface area contributed by atoms with E-state index >= 15 is 0 Å². The molecule has 0 atom stereocenters. The molecule has 6 nitrogen and oxygen atoms in total. The molecule has 110 valence electrons. The van der Waals surface area contributed by atoms with Crippen molar-refractivity contribution in [2.45, 2.75) is 6.61 Å². The Morgan fingerprint density at radius 3 is 2.57 bits per heavy atom. The molecule has 0 radical (unpaired) electrons. The van der Waals surface area contributed by atoms with Gasteiger partial charge in [0.05, 0.1) is 14.2 Å². The lowest BCUT2D eigenvalue weighted by molar-refractivity contribution is 0.296. The number of aromatic nitrogens is 1. The molecule has 0 bridgehead atoms. The Hall–Kier alpha value is -2.25. The minimum atomic E-state index is -1.63.